The molecule has 3 atom stereocenters. The van der Waals surface area contributed by atoms with Crippen LogP contribution in [-0.2, 0) is 4.74 Å². The fourth-order valence-corrected chi connectivity index (χ4v) is 5.84. The predicted molar refractivity (Wildman–Crippen MR) is 152 cm³/mol. The lowest BCUT2D eigenvalue weighted by Crippen LogP contribution is -2.54. The first-order chi connectivity index (χ1) is 19.2. The van der Waals surface area contributed by atoms with E-state index in [1.54, 1.807) is 6.33 Å². The number of imidazole rings is 1. The lowest BCUT2D eigenvalue weighted by Gasteiger charge is -2.36. The van der Waals surface area contributed by atoms with Crippen molar-refractivity contribution < 1.29 is 14.3 Å². The van der Waals surface area contributed by atoms with Gasteiger partial charge in [-0.2, -0.15) is 0 Å². The number of carbonyl (C=O) groups is 2. The van der Waals surface area contributed by atoms with Gasteiger partial charge in [-0.05, 0) is 31.4 Å². The third-order valence-electron chi connectivity index (χ3n) is 7.81. The van der Waals surface area contributed by atoms with E-state index in [-0.39, 0.29) is 24.0 Å². The number of amides is 2. The van der Waals surface area contributed by atoms with Gasteiger partial charge in [0.15, 0.2) is 5.69 Å². The number of para-hydroxylation sites is 1. The highest BCUT2D eigenvalue weighted by atomic mass is 16.5. The molecule has 0 unspecified atom stereocenters. The lowest BCUT2D eigenvalue weighted by atomic mass is 9.89. The Kier molecular flexibility index (Phi) is 8.78. The minimum atomic E-state index is -0.433. The van der Waals surface area contributed by atoms with Gasteiger partial charge in [0.1, 0.15) is 0 Å². The van der Waals surface area contributed by atoms with Crippen LogP contribution in [0, 0.1) is 0 Å². The molecule has 2 heterocycles. The smallest absolute Gasteiger partial charge is 0.407 e. The maximum Gasteiger partial charge on any atom is 0.407 e. The van der Waals surface area contributed by atoms with Crippen LogP contribution in [0.5, 0.6) is 0 Å². The molecule has 1 aromatic heterocycles. The summed E-state index contributed by atoms with van der Waals surface area (Å²) in [6, 6.07) is 20.0. The molecular weight excluding hydrogens is 492 g/mol. The number of hydrogen-bond donors (Lipinski definition) is 3. The molecule has 9 nitrogen and oxygen atoms in total. The van der Waals surface area contributed by atoms with Crippen molar-refractivity contribution in [3.8, 4) is 11.3 Å². The van der Waals surface area contributed by atoms with E-state index in [1.165, 1.54) is 7.11 Å². The first-order valence-electron chi connectivity index (χ1n) is 13.9. The van der Waals surface area contributed by atoms with E-state index in [1.807, 2.05) is 53.4 Å². The molecular formula is C30H38N6O3. The van der Waals surface area contributed by atoms with Gasteiger partial charge in [-0.25, -0.2) is 9.78 Å². The zero-order valence-electron chi connectivity index (χ0n) is 22.5. The molecule has 5 rings (SSSR count). The molecule has 3 N–H and O–H groups in total. The van der Waals surface area contributed by atoms with Gasteiger partial charge in [0.2, 0.25) is 0 Å². The van der Waals surface area contributed by atoms with Gasteiger partial charge in [-0.1, -0.05) is 61.4 Å². The number of piperazine rings is 1. The van der Waals surface area contributed by atoms with Crippen molar-refractivity contribution >= 4 is 17.7 Å². The van der Waals surface area contributed by atoms with Crippen LogP contribution >= 0.6 is 0 Å². The largest absolute Gasteiger partial charge is 0.453 e. The van der Waals surface area contributed by atoms with Crippen molar-refractivity contribution in [1.29, 1.82) is 0 Å². The van der Waals surface area contributed by atoms with E-state index in [0.717, 1.165) is 68.7 Å². The molecule has 1 saturated heterocycles. The number of nitrogens with one attached hydrogen (secondary N) is 3. The fourth-order valence-electron chi connectivity index (χ4n) is 5.84. The summed E-state index contributed by atoms with van der Waals surface area (Å²) in [5.41, 5.74) is 3.29. The van der Waals surface area contributed by atoms with Crippen LogP contribution in [0.1, 0.15) is 48.6 Å². The van der Waals surface area contributed by atoms with E-state index in [4.69, 9.17) is 9.72 Å². The number of hydrogen-bond acceptors (Lipinski definition) is 6. The molecule has 2 aliphatic rings. The molecule has 1 aliphatic carbocycles. The highest BCUT2D eigenvalue weighted by molar-refractivity contribution is 5.98. The molecule has 3 aromatic rings. The minimum Gasteiger partial charge on any atom is -0.453 e. The molecule has 0 spiro atoms. The number of benzene rings is 2. The van der Waals surface area contributed by atoms with Crippen LogP contribution in [0.4, 0.5) is 10.5 Å². The number of methoxy groups -OCH3 is 1. The molecule has 0 radical (unpaired) electrons. The fraction of sp³-hybridized carbons (Fsp3) is 0.433. The van der Waals surface area contributed by atoms with Crippen molar-refractivity contribution in [2.24, 2.45) is 0 Å². The molecule has 2 amide bonds. The van der Waals surface area contributed by atoms with Gasteiger partial charge in [-0.15, -0.1) is 0 Å². The van der Waals surface area contributed by atoms with Crippen molar-refractivity contribution in [2.45, 2.75) is 50.2 Å². The monoisotopic (exact) mass is 530 g/mol. The SMILES string of the molecule is COC(=O)N[C@H]1CCCC[C@@H]1n1cnc(C(=O)N2CCNC[C@H]2CCNc2ccccc2)c1-c1ccccc1. The Hall–Kier alpha value is -3.85. The molecule has 9 heteroatoms. The van der Waals surface area contributed by atoms with Crippen LogP contribution < -0.4 is 16.0 Å². The van der Waals surface area contributed by atoms with Gasteiger partial charge in [-0.3, -0.25) is 4.79 Å². The van der Waals surface area contributed by atoms with Gasteiger partial charge in [0.05, 0.1) is 31.2 Å². The van der Waals surface area contributed by atoms with Crippen molar-refractivity contribution in [1.82, 2.24) is 25.1 Å². The summed E-state index contributed by atoms with van der Waals surface area (Å²) < 4.78 is 7.01. The summed E-state index contributed by atoms with van der Waals surface area (Å²) in [7, 11) is 1.38. The van der Waals surface area contributed by atoms with Gasteiger partial charge < -0.3 is 30.2 Å². The van der Waals surface area contributed by atoms with E-state index in [2.05, 4.69) is 32.7 Å². The number of anilines is 1. The van der Waals surface area contributed by atoms with E-state index < -0.39 is 6.09 Å². The Bertz CT molecular complexity index is 1230. The minimum absolute atomic E-state index is 0.0176. The van der Waals surface area contributed by atoms with E-state index >= 15 is 0 Å². The summed E-state index contributed by atoms with van der Waals surface area (Å²) in [4.78, 5) is 33.0. The normalized spacial score (nSPS) is 21.3. The Labute approximate surface area is 229 Å². The number of ether oxygens (including phenoxy) is 1. The average Bonchev–Trinajstić information content (AvgIpc) is 3.43. The Morgan fingerprint density at radius 3 is 2.56 bits per heavy atom. The third-order valence-corrected chi connectivity index (χ3v) is 7.81. The number of aromatic nitrogens is 2. The first-order valence-corrected chi connectivity index (χ1v) is 13.9. The summed E-state index contributed by atoms with van der Waals surface area (Å²) in [6.45, 7) is 2.90. The van der Waals surface area contributed by atoms with Gasteiger partial charge in [0, 0.05) is 43.5 Å². The van der Waals surface area contributed by atoms with Gasteiger partial charge >= 0.3 is 6.09 Å². The molecule has 2 fully saturated rings. The molecule has 2 aromatic carbocycles. The molecule has 39 heavy (non-hydrogen) atoms. The Morgan fingerprint density at radius 2 is 1.79 bits per heavy atom. The average molecular weight is 531 g/mol. The third kappa shape index (κ3) is 6.25. The number of nitrogens with zero attached hydrogens (tertiary/aromatic N) is 3. The highest BCUT2D eigenvalue weighted by Crippen LogP contribution is 2.35. The zero-order valence-corrected chi connectivity index (χ0v) is 22.5. The van der Waals surface area contributed by atoms with Crippen LogP contribution in [0.2, 0.25) is 0 Å². The first kappa shape index (κ1) is 26.7. The van der Waals surface area contributed by atoms with Crippen LogP contribution in [0.15, 0.2) is 67.0 Å². The van der Waals surface area contributed by atoms with Crippen molar-refractivity contribution in [3.05, 3.63) is 72.7 Å². The topological polar surface area (TPSA) is 101 Å². The second-order valence-corrected chi connectivity index (χ2v) is 10.2. The zero-order chi connectivity index (χ0) is 27.0. The summed E-state index contributed by atoms with van der Waals surface area (Å²) in [5.74, 6) is -0.0490. The van der Waals surface area contributed by atoms with E-state index in [9.17, 15) is 9.59 Å². The molecule has 1 aliphatic heterocycles. The second kappa shape index (κ2) is 12.8. The maximum absolute atomic E-state index is 14.2. The molecule has 0 bridgehead atoms. The Balaban J connectivity index is 1.42. The maximum atomic E-state index is 14.2. The number of alkyl carbamates (subject to hydrolysis) is 1. The number of rotatable bonds is 8. The summed E-state index contributed by atoms with van der Waals surface area (Å²) in [6.07, 6.45) is 6.00. The standard InChI is InChI=1S/C30H38N6O3/c1-39-30(38)34-25-14-8-9-15-26(25)36-21-33-27(28(36)22-10-4-2-5-11-22)29(37)35-19-18-31-20-24(35)16-17-32-23-12-6-3-7-13-23/h2-7,10-13,21,24-26,31-32H,8-9,14-20H2,1H3,(H,34,38)/t24-,25+,26+/m1/s1. The van der Waals surface area contributed by atoms with Crippen molar-refractivity contribution in [2.75, 3.05) is 38.6 Å². The molecule has 1 saturated carbocycles. The predicted octanol–water partition coefficient (Wildman–Crippen LogP) is 4.31. The highest BCUT2D eigenvalue weighted by Gasteiger charge is 2.35. The van der Waals surface area contributed by atoms with E-state index in [0.29, 0.717) is 12.2 Å². The van der Waals surface area contributed by atoms with Crippen LogP contribution in [-0.4, -0.2) is 71.8 Å². The van der Waals surface area contributed by atoms with Crippen LogP contribution in [0.25, 0.3) is 11.3 Å². The number of carbonyl (C=O) groups excluding carboxylic acids is 2. The van der Waals surface area contributed by atoms with Crippen molar-refractivity contribution in [3.63, 3.8) is 0 Å². The lowest BCUT2D eigenvalue weighted by molar-refractivity contribution is 0.0624. The Morgan fingerprint density at radius 1 is 1.05 bits per heavy atom. The quantitative estimate of drug-likeness (QED) is 0.401. The van der Waals surface area contributed by atoms with Gasteiger partial charge in [0.25, 0.3) is 5.91 Å². The second-order valence-electron chi connectivity index (χ2n) is 10.2. The summed E-state index contributed by atoms with van der Waals surface area (Å²) >= 11 is 0. The molecule has 206 valence electrons. The summed E-state index contributed by atoms with van der Waals surface area (Å²) in [5, 5.41) is 9.94. The van der Waals surface area contributed by atoms with Crippen LogP contribution in [0.3, 0.4) is 0 Å².